The molecular weight excluding hydrogens is 337 g/mol. The first-order valence-electron chi connectivity index (χ1n) is 7.97. The maximum Gasteiger partial charge on any atom is 0.416 e. The third-order valence-electron chi connectivity index (χ3n) is 4.50. The summed E-state index contributed by atoms with van der Waals surface area (Å²) in [4.78, 5) is 24.8. The van der Waals surface area contributed by atoms with Gasteiger partial charge in [0.15, 0.2) is 0 Å². The number of amides is 2. The summed E-state index contributed by atoms with van der Waals surface area (Å²) in [6.45, 7) is 3.59. The molecule has 8 heteroatoms. The summed E-state index contributed by atoms with van der Waals surface area (Å²) in [5.74, 6) is -0.963. The number of alkyl halides is 3. The van der Waals surface area contributed by atoms with Gasteiger partial charge in [0.1, 0.15) is 0 Å². The molecule has 5 nitrogen and oxygen atoms in total. The lowest BCUT2D eigenvalue weighted by atomic mass is 9.90. The Labute approximate surface area is 143 Å². The summed E-state index contributed by atoms with van der Waals surface area (Å²) in [7, 11) is 0. The van der Waals surface area contributed by atoms with Crippen molar-refractivity contribution in [3.63, 3.8) is 0 Å². The Morgan fingerprint density at radius 2 is 2.00 bits per heavy atom. The zero-order valence-electron chi connectivity index (χ0n) is 14.1. The first kappa shape index (κ1) is 19.1. The van der Waals surface area contributed by atoms with Crippen LogP contribution in [-0.4, -0.2) is 41.1 Å². The molecule has 1 heterocycles. The highest BCUT2D eigenvalue weighted by atomic mass is 19.4. The Kier molecular flexibility index (Phi) is 5.29. The van der Waals surface area contributed by atoms with Gasteiger partial charge in [-0.15, -0.1) is 0 Å². The first-order chi connectivity index (χ1) is 11.5. The van der Waals surface area contributed by atoms with Crippen LogP contribution in [0.4, 0.5) is 18.0 Å². The molecule has 0 aliphatic carbocycles. The van der Waals surface area contributed by atoms with Gasteiger partial charge in [-0.25, -0.2) is 4.79 Å². The molecule has 1 aromatic rings. The topological polar surface area (TPSA) is 69.6 Å². The maximum absolute atomic E-state index is 13.0. The van der Waals surface area contributed by atoms with Crippen molar-refractivity contribution in [1.82, 2.24) is 10.2 Å². The predicted molar refractivity (Wildman–Crippen MR) is 85.1 cm³/mol. The normalized spacial score (nSPS) is 21.9. The molecule has 2 unspecified atom stereocenters. The Morgan fingerprint density at radius 1 is 1.36 bits per heavy atom. The van der Waals surface area contributed by atoms with Gasteiger partial charge in [0.2, 0.25) is 0 Å². The fourth-order valence-electron chi connectivity index (χ4n) is 2.97. The maximum atomic E-state index is 13.0. The molecule has 25 heavy (non-hydrogen) atoms. The predicted octanol–water partition coefficient (Wildman–Crippen LogP) is 3.14. The van der Waals surface area contributed by atoms with Crippen LogP contribution in [0.1, 0.15) is 31.4 Å². The van der Waals surface area contributed by atoms with E-state index >= 15 is 0 Å². The monoisotopic (exact) mass is 358 g/mol. The quantitative estimate of drug-likeness (QED) is 0.869. The first-order valence-corrected chi connectivity index (χ1v) is 7.97. The summed E-state index contributed by atoms with van der Waals surface area (Å²) >= 11 is 0. The van der Waals surface area contributed by atoms with Crippen LogP contribution < -0.4 is 5.32 Å². The number of carbonyl (C=O) groups is 2. The number of aliphatic carboxylic acids is 1. The lowest BCUT2D eigenvalue weighted by Crippen LogP contribution is -2.45. The Bertz CT molecular complexity index is 663. The largest absolute Gasteiger partial charge is 0.481 e. The fourth-order valence-corrected chi connectivity index (χ4v) is 2.97. The van der Waals surface area contributed by atoms with Gasteiger partial charge in [0, 0.05) is 19.1 Å². The minimum atomic E-state index is -4.45. The van der Waals surface area contributed by atoms with E-state index in [1.165, 1.54) is 23.1 Å². The molecule has 0 spiro atoms. The summed E-state index contributed by atoms with van der Waals surface area (Å²) in [6, 6.07) is 4.28. The molecule has 1 fully saturated rings. The number of benzene rings is 1. The van der Waals surface area contributed by atoms with Gasteiger partial charge < -0.3 is 15.3 Å². The molecule has 2 amide bonds. The fraction of sp³-hybridized carbons (Fsp3) is 0.529. The molecule has 2 atom stereocenters. The average molecular weight is 358 g/mol. The molecular formula is C17H21F3N2O3. The van der Waals surface area contributed by atoms with Crippen molar-refractivity contribution in [2.75, 3.05) is 13.1 Å². The van der Waals surface area contributed by atoms with E-state index in [1.807, 2.05) is 0 Å². The van der Waals surface area contributed by atoms with Gasteiger partial charge in [-0.3, -0.25) is 4.79 Å². The molecule has 2 N–H and O–H groups in total. The van der Waals surface area contributed by atoms with Crippen molar-refractivity contribution >= 4 is 12.0 Å². The van der Waals surface area contributed by atoms with Gasteiger partial charge in [0.05, 0.1) is 11.0 Å². The van der Waals surface area contributed by atoms with Crippen LogP contribution >= 0.6 is 0 Å². The van der Waals surface area contributed by atoms with Crippen molar-refractivity contribution in [2.45, 2.75) is 38.9 Å². The number of hydrogen-bond acceptors (Lipinski definition) is 2. The lowest BCUT2D eigenvalue weighted by molar-refractivity contribution is -0.147. The lowest BCUT2D eigenvalue weighted by Gasteiger charge is -2.23. The van der Waals surface area contributed by atoms with Gasteiger partial charge in [0.25, 0.3) is 0 Å². The highest BCUT2D eigenvalue weighted by molar-refractivity contribution is 5.79. The molecule has 0 radical (unpaired) electrons. The van der Waals surface area contributed by atoms with E-state index < -0.39 is 35.2 Å². The van der Waals surface area contributed by atoms with Crippen molar-refractivity contribution < 1.29 is 27.9 Å². The standard InChI is InChI=1S/C17H21F3N2O3/c1-11(9-12-5-3-4-6-13(12)17(18,19)20)21-15(25)22-8-7-16(2,10-22)14(23)24/h3-6,11H,7-10H2,1-2H3,(H,21,25)(H,23,24). The number of hydrogen-bond donors (Lipinski definition) is 2. The average Bonchev–Trinajstić information content (AvgIpc) is 2.91. The highest BCUT2D eigenvalue weighted by Gasteiger charge is 2.42. The molecule has 1 aliphatic rings. The van der Waals surface area contributed by atoms with Crippen LogP contribution in [0.5, 0.6) is 0 Å². The molecule has 1 aliphatic heterocycles. The minimum Gasteiger partial charge on any atom is -0.481 e. The number of carboxylic acid groups (broad SMARTS) is 1. The van der Waals surface area contributed by atoms with E-state index in [1.54, 1.807) is 13.8 Å². The zero-order chi connectivity index (χ0) is 18.8. The van der Waals surface area contributed by atoms with Crippen LogP contribution in [0.25, 0.3) is 0 Å². The van der Waals surface area contributed by atoms with E-state index in [-0.39, 0.29) is 18.5 Å². The smallest absolute Gasteiger partial charge is 0.416 e. The van der Waals surface area contributed by atoms with Gasteiger partial charge in [-0.1, -0.05) is 18.2 Å². The second-order valence-electron chi connectivity index (χ2n) is 6.75. The third-order valence-corrected chi connectivity index (χ3v) is 4.50. The van der Waals surface area contributed by atoms with E-state index in [0.29, 0.717) is 13.0 Å². The Hall–Kier alpha value is -2.25. The molecule has 0 bridgehead atoms. The molecule has 0 aromatic heterocycles. The number of likely N-dealkylation sites (tertiary alicyclic amines) is 1. The van der Waals surface area contributed by atoms with Crippen molar-refractivity contribution in [2.24, 2.45) is 5.41 Å². The van der Waals surface area contributed by atoms with Crippen molar-refractivity contribution in [1.29, 1.82) is 0 Å². The zero-order valence-corrected chi connectivity index (χ0v) is 14.1. The second kappa shape index (κ2) is 6.93. The number of carboxylic acids is 1. The number of urea groups is 1. The second-order valence-corrected chi connectivity index (χ2v) is 6.75. The van der Waals surface area contributed by atoms with Crippen LogP contribution in [0, 0.1) is 5.41 Å². The Morgan fingerprint density at radius 3 is 2.56 bits per heavy atom. The van der Waals surface area contributed by atoms with E-state index in [9.17, 15) is 27.9 Å². The van der Waals surface area contributed by atoms with Crippen LogP contribution in [0.3, 0.4) is 0 Å². The Balaban J connectivity index is 1.99. The SMILES string of the molecule is CC(Cc1ccccc1C(F)(F)F)NC(=O)N1CCC(C)(C(=O)O)C1. The summed E-state index contributed by atoms with van der Waals surface area (Å²) < 4.78 is 39.1. The van der Waals surface area contributed by atoms with Crippen LogP contribution in [0.2, 0.25) is 0 Å². The summed E-state index contributed by atoms with van der Waals surface area (Å²) in [5, 5.41) is 11.8. The number of halogens is 3. The van der Waals surface area contributed by atoms with E-state index in [0.717, 1.165) is 6.07 Å². The number of carbonyl (C=O) groups excluding carboxylic acids is 1. The van der Waals surface area contributed by atoms with Crippen LogP contribution in [-0.2, 0) is 17.4 Å². The minimum absolute atomic E-state index is 0.0332. The highest BCUT2D eigenvalue weighted by Crippen LogP contribution is 2.32. The van der Waals surface area contributed by atoms with Gasteiger partial charge in [-0.05, 0) is 38.3 Å². The number of nitrogens with one attached hydrogen (secondary N) is 1. The summed E-state index contributed by atoms with van der Waals surface area (Å²) in [5.41, 5.74) is -1.58. The molecule has 1 saturated heterocycles. The molecule has 0 saturated carbocycles. The third kappa shape index (κ3) is 4.43. The van der Waals surface area contributed by atoms with Gasteiger partial charge in [-0.2, -0.15) is 13.2 Å². The summed E-state index contributed by atoms with van der Waals surface area (Å²) in [6.07, 6.45) is -4.06. The molecule has 1 aromatic carbocycles. The number of rotatable bonds is 4. The van der Waals surface area contributed by atoms with Crippen LogP contribution in [0.15, 0.2) is 24.3 Å². The molecule has 138 valence electrons. The van der Waals surface area contributed by atoms with E-state index in [4.69, 9.17) is 0 Å². The van der Waals surface area contributed by atoms with E-state index in [2.05, 4.69) is 5.32 Å². The molecule has 2 rings (SSSR count). The number of nitrogens with zero attached hydrogens (tertiary/aromatic N) is 1. The van der Waals surface area contributed by atoms with Crippen molar-refractivity contribution in [3.8, 4) is 0 Å². The van der Waals surface area contributed by atoms with Gasteiger partial charge >= 0.3 is 18.2 Å². The van der Waals surface area contributed by atoms with Crippen molar-refractivity contribution in [3.05, 3.63) is 35.4 Å².